The fraction of sp³-hybridized carbons (Fsp3) is 0.154. The molecule has 88 valence electrons. The van der Waals surface area contributed by atoms with E-state index in [0.29, 0.717) is 17.5 Å². The first-order valence-corrected chi connectivity index (χ1v) is 5.61. The Morgan fingerprint density at radius 1 is 1.47 bits per heavy atom. The third kappa shape index (κ3) is 2.68. The Morgan fingerprint density at radius 3 is 2.94 bits per heavy atom. The second kappa shape index (κ2) is 5.06. The minimum absolute atomic E-state index is 0.387. The molecule has 0 aliphatic heterocycles. The molecule has 0 atom stereocenters. The molecule has 0 amide bonds. The van der Waals surface area contributed by atoms with Crippen molar-refractivity contribution in [3.8, 4) is 5.88 Å². The number of ether oxygens (including phenoxy) is 1. The molecule has 0 radical (unpaired) electrons. The fourth-order valence-corrected chi connectivity index (χ4v) is 1.77. The fourth-order valence-electron chi connectivity index (χ4n) is 1.54. The van der Waals surface area contributed by atoms with E-state index in [9.17, 15) is 0 Å². The van der Waals surface area contributed by atoms with Crippen molar-refractivity contribution in [3.05, 3.63) is 53.2 Å². The molecule has 3 nitrogen and oxygen atoms in total. The lowest BCUT2D eigenvalue weighted by Gasteiger charge is -2.08. The average molecular weight is 249 g/mol. The molecule has 1 heterocycles. The zero-order chi connectivity index (χ0) is 12.3. The monoisotopic (exact) mass is 248 g/mol. The van der Waals surface area contributed by atoms with E-state index in [1.54, 1.807) is 10.8 Å². The van der Waals surface area contributed by atoms with E-state index in [-0.39, 0.29) is 0 Å². The highest BCUT2D eigenvalue weighted by Crippen LogP contribution is 2.22. The Labute approximate surface area is 105 Å². The molecule has 4 heteroatoms. The van der Waals surface area contributed by atoms with E-state index in [4.69, 9.17) is 16.3 Å². The van der Waals surface area contributed by atoms with Crippen LogP contribution in [0, 0.1) is 0 Å². The third-order valence-corrected chi connectivity index (χ3v) is 2.78. The van der Waals surface area contributed by atoms with Crippen molar-refractivity contribution in [2.75, 3.05) is 0 Å². The topological polar surface area (TPSA) is 27.1 Å². The summed E-state index contributed by atoms with van der Waals surface area (Å²) in [6, 6.07) is 7.50. The number of hydrogen-bond acceptors (Lipinski definition) is 2. The van der Waals surface area contributed by atoms with Crippen LogP contribution in [-0.4, -0.2) is 9.78 Å². The predicted octanol–water partition coefficient (Wildman–Crippen LogP) is 3.30. The van der Waals surface area contributed by atoms with Crippen LogP contribution in [0.15, 0.2) is 37.0 Å². The van der Waals surface area contributed by atoms with E-state index >= 15 is 0 Å². The lowest BCUT2D eigenvalue weighted by atomic mass is 10.1. The van der Waals surface area contributed by atoms with Gasteiger partial charge in [-0.05, 0) is 11.6 Å². The zero-order valence-corrected chi connectivity index (χ0v) is 10.3. The molecule has 0 saturated heterocycles. The molecule has 0 aliphatic rings. The molecule has 17 heavy (non-hydrogen) atoms. The van der Waals surface area contributed by atoms with Crippen molar-refractivity contribution >= 4 is 17.7 Å². The number of hydrogen-bond donors (Lipinski definition) is 0. The summed E-state index contributed by atoms with van der Waals surface area (Å²) in [5.74, 6) is 0.586. The third-order valence-electron chi connectivity index (χ3n) is 2.43. The number of halogens is 1. The normalized spacial score (nSPS) is 10.2. The van der Waals surface area contributed by atoms with Gasteiger partial charge >= 0.3 is 0 Å². The Hall–Kier alpha value is -1.74. The second-order valence-electron chi connectivity index (χ2n) is 3.63. The second-order valence-corrected chi connectivity index (χ2v) is 4.04. The van der Waals surface area contributed by atoms with E-state index in [0.717, 1.165) is 11.1 Å². The SMILES string of the molecule is C=Cc1cccc(Cl)c1COc1ccn(C)n1. The van der Waals surface area contributed by atoms with Crippen LogP contribution in [0.4, 0.5) is 0 Å². The lowest BCUT2D eigenvalue weighted by molar-refractivity contribution is 0.290. The van der Waals surface area contributed by atoms with Gasteiger partial charge in [-0.3, -0.25) is 4.68 Å². The molecule has 0 spiro atoms. The van der Waals surface area contributed by atoms with Crippen LogP contribution in [0.1, 0.15) is 11.1 Å². The highest BCUT2D eigenvalue weighted by molar-refractivity contribution is 6.31. The van der Waals surface area contributed by atoms with Crippen LogP contribution >= 0.6 is 11.6 Å². The van der Waals surface area contributed by atoms with Gasteiger partial charge in [-0.2, -0.15) is 0 Å². The highest BCUT2D eigenvalue weighted by atomic mass is 35.5. The summed E-state index contributed by atoms with van der Waals surface area (Å²) in [6.45, 7) is 4.14. The first-order valence-electron chi connectivity index (χ1n) is 5.23. The van der Waals surface area contributed by atoms with Crippen LogP contribution < -0.4 is 4.74 Å². The van der Waals surface area contributed by atoms with Crippen molar-refractivity contribution in [1.82, 2.24) is 9.78 Å². The van der Waals surface area contributed by atoms with Gasteiger partial charge in [-0.1, -0.05) is 36.4 Å². The van der Waals surface area contributed by atoms with E-state index in [1.807, 2.05) is 37.5 Å². The Kier molecular flexibility index (Phi) is 3.49. The lowest BCUT2D eigenvalue weighted by Crippen LogP contribution is -2.00. The Morgan fingerprint density at radius 2 is 2.29 bits per heavy atom. The van der Waals surface area contributed by atoms with Gasteiger partial charge in [0.1, 0.15) is 6.61 Å². The predicted molar refractivity (Wildman–Crippen MR) is 69.1 cm³/mol. The molecule has 0 fully saturated rings. The Balaban J connectivity index is 2.16. The van der Waals surface area contributed by atoms with Gasteiger partial charge in [0.25, 0.3) is 0 Å². The molecule has 1 aromatic heterocycles. The Bertz CT molecular complexity index is 534. The van der Waals surface area contributed by atoms with E-state index < -0.39 is 0 Å². The van der Waals surface area contributed by atoms with E-state index in [2.05, 4.69) is 11.7 Å². The molecule has 2 rings (SSSR count). The largest absolute Gasteiger partial charge is 0.472 e. The van der Waals surface area contributed by atoms with Crippen LogP contribution in [-0.2, 0) is 13.7 Å². The number of aromatic nitrogens is 2. The van der Waals surface area contributed by atoms with Crippen molar-refractivity contribution in [1.29, 1.82) is 0 Å². The molecule has 0 saturated carbocycles. The van der Waals surface area contributed by atoms with Gasteiger partial charge in [-0.25, -0.2) is 0 Å². The summed E-state index contributed by atoms with van der Waals surface area (Å²) in [7, 11) is 1.84. The molecular formula is C13H13ClN2O. The molecule has 1 aromatic carbocycles. The summed E-state index contributed by atoms with van der Waals surface area (Å²) in [5, 5.41) is 4.82. The van der Waals surface area contributed by atoms with Crippen LogP contribution in [0.25, 0.3) is 6.08 Å². The number of rotatable bonds is 4. The standard InChI is InChI=1S/C13H13ClN2O/c1-3-10-5-4-6-12(14)11(10)9-17-13-7-8-16(2)15-13/h3-8H,1,9H2,2H3. The first-order chi connectivity index (χ1) is 8.20. The summed E-state index contributed by atoms with van der Waals surface area (Å²) in [4.78, 5) is 0. The van der Waals surface area contributed by atoms with Gasteiger partial charge < -0.3 is 4.74 Å². The average Bonchev–Trinajstić information content (AvgIpc) is 2.73. The summed E-state index contributed by atoms with van der Waals surface area (Å²) in [6.07, 6.45) is 3.60. The molecule has 0 bridgehead atoms. The van der Waals surface area contributed by atoms with Crippen LogP contribution in [0.5, 0.6) is 5.88 Å². The van der Waals surface area contributed by atoms with Crippen molar-refractivity contribution in [3.63, 3.8) is 0 Å². The molecule has 0 unspecified atom stereocenters. The minimum Gasteiger partial charge on any atom is -0.472 e. The summed E-state index contributed by atoms with van der Waals surface area (Å²) < 4.78 is 7.26. The highest BCUT2D eigenvalue weighted by Gasteiger charge is 2.06. The van der Waals surface area contributed by atoms with Crippen LogP contribution in [0.3, 0.4) is 0 Å². The molecule has 0 N–H and O–H groups in total. The van der Waals surface area contributed by atoms with Gasteiger partial charge in [0.15, 0.2) is 0 Å². The first kappa shape index (κ1) is 11.7. The number of aryl methyl sites for hydroxylation is 1. The van der Waals surface area contributed by atoms with Gasteiger partial charge in [-0.15, -0.1) is 5.10 Å². The quantitative estimate of drug-likeness (QED) is 0.830. The van der Waals surface area contributed by atoms with E-state index in [1.165, 1.54) is 0 Å². The van der Waals surface area contributed by atoms with Crippen molar-refractivity contribution in [2.24, 2.45) is 7.05 Å². The maximum atomic E-state index is 6.13. The van der Waals surface area contributed by atoms with Gasteiger partial charge in [0.05, 0.1) is 0 Å². The molecule has 2 aromatic rings. The van der Waals surface area contributed by atoms with Crippen molar-refractivity contribution < 1.29 is 4.74 Å². The summed E-state index contributed by atoms with van der Waals surface area (Å²) in [5.41, 5.74) is 1.91. The van der Waals surface area contributed by atoms with Crippen LogP contribution in [0.2, 0.25) is 5.02 Å². The van der Waals surface area contributed by atoms with Crippen molar-refractivity contribution in [2.45, 2.75) is 6.61 Å². The number of benzene rings is 1. The maximum absolute atomic E-state index is 6.13. The van der Waals surface area contributed by atoms with Gasteiger partial charge in [0, 0.05) is 29.9 Å². The molecule has 0 aliphatic carbocycles. The maximum Gasteiger partial charge on any atom is 0.233 e. The minimum atomic E-state index is 0.387. The number of nitrogens with zero attached hydrogens (tertiary/aromatic N) is 2. The summed E-state index contributed by atoms with van der Waals surface area (Å²) >= 11 is 6.13. The smallest absolute Gasteiger partial charge is 0.233 e. The molecular weight excluding hydrogens is 236 g/mol. The van der Waals surface area contributed by atoms with Gasteiger partial charge in [0.2, 0.25) is 5.88 Å². The zero-order valence-electron chi connectivity index (χ0n) is 9.56.